The van der Waals surface area contributed by atoms with Crippen molar-refractivity contribution in [2.75, 3.05) is 20.3 Å². The molecule has 0 saturated carbocycles. The molecule has 0 aliphatic carbocycles. The monoisotopic (exact) mass is 247 g/mol. The summed E-state index contributed by atoms with van der Waals surface area (Å²) in [6.07, 6.45) is 0. The van der Waals surface area contributed by atoms with Gasteiger partial charge < -0.3 is 15.2 Å². The highest BCUT2D eigenvalue weighted by Crippen LogP contribution is 2.17. The van der Waals surface area contributed by atoms with Crippen molar-refractivity contribution in [2.45, 2.75) is 12.6 Å². The summed E-state index contributed by atoms with van der Waals surface area (Å²) >= 11 is 5.65. The molecule has 0 aliphatic rings. The molecule has 16 heavy (non-hydrogen) atoms. The van der Waals surface area contributed by atoms with Crippen molar-refractivity contribution in [3.8, 4) is 0 Å². The van der Waals surface area contributed by atoms with E-state index in [1.54, 1.807) is 19.2 Å². The molecule has 1 unspecified atom stereocenters. The third-order valence-electron chi connectivity index (χ3n) is 2.20. The van der Waals surface area contributed by atoms with Crippen molar-refractivity contribution in [1.29, 1.82) is 0 Å². The number of methoxy groups -OCH3 is 1. The molecule has 5 heteroatoms. The SMILES string of the molecule is COCC(CO)NCc1cccc(Cl)c1F. The van der Waals surface area contributed by atoms with Crippen molar-refractivity contribution in [1.82, 2.24) is 5.32 Å². The summed E-state index contributed by atoms with van der Waals surface area (Å²) in [5, 5.41) is 12.1. The molecule has 0 bridgehead atoms. The van der Waals surface area contributed by atoms with Gasteiger partial charge in [-0.25, -0.2) is 4.39 Å². The molecule has 1 aromatic rings. The summed E-state index contributed by atoms with van der Waals surface area (Å²) in [6.45, 7) is 0.621. The Bertz CT molecular complexity index is 336. The minimum absolute atomic E-state index is 0.0595. The smallest absolute Gasteiger partial charge is 0.146 e. The van der Waals surface area contributed by atoms with Gasteiger partial charge >= 0.3 is 0 Å². The lowest BCUT2D eigenvalue weighted by Gasteiger charge is -2.15. The summed E-state index contributed by atoms with van der Waals surface area (Å²) in [5.41, 5.74) is 0.474. The second-order valence-corrected chi connectivity index (χ2v) is 3.84. The number of hydrogen-bond acceptors (Lipinski definition) is 3. The summed E-state index contributed by atoms with van der Waals surface area (Å²) in [5.74, 6) is -0.425. The minimum Gasteiger partial charge on any atom is -0.395 e. The second-order valence-electron chi connectivity index (χ2n) is 3.43. The number of aliphatic hydroxyl groups excluding tert-OH is 1. The van der Waals surface area contributed by atoms with Crippen LogP contribution in [-0.4, -0.2) is 31.5 Å². The molecule has 0 amide bonds. The maximum absolute atomic E-state index is 13.5. The Hall–Kier alpha value is -0.680. The van der Waals surface area contributed by atoms with E-state index in [2.05, 4.69) is 5.32 Å². The van der Waals surface area contributed by atoms with Crippen LogP contribution >= 0.6 is 11.6 Å². The van der Waals surface area contributed by atoms with Crippen molar-refractivity contribution in [3.05, 3.63) is 34.6 Å². The molecule has 0 fully saturated rings. The molecule has 0 radical (unpaired) electrons. The number of ether oxygens (including phenoxy) is 1. The first-order valence-electron chi connectivity index (χ1n) is 4.95. The van der Waals surface area contributed by atoms with Crippen molar-refractivity contribution >= 4 is 11.6 Å². The molecule has 1 atom stereocenters. The average molecular weight is 248 g/mol. The van der Waals surface area contributed by atoms with E-state index in [-0.39, 0.29) is 17.7 Å². The third-order valence-corrected chi connectivity index (χ3v) is 2.49. The summed E-state index contributed by atoms with van der Waals surface area (Å²) in [6, 6.07) is 4.63. The van der Waals surface area contributed by atoms with Gasteiger partial charge in [-0.05, 0) is 6.07 Å². The number of halogens is 2. The molecule has 0 aliphatic heterocycles. The average Bonchev–Trinajstić information content (AvgIpc) is 2.29. The zero-order chi connectivity index (χ0) is 12.0. The van der Waals surface area contributed by atoms with Crippen LogP contribution in [0.25, 0.3) is 0 Å². The molecule has 90 valence electrons. The van der Waals surface area contributed by atoms with E-state index in [0.29, 0.717) is 18.7 Å². The molecule has 0 saturated heterocycles. The normalized spacial score (nSPS) is 12.8. The number of hydrogen-bond donors (Lipinski definition) is 2. The lowest BCUT2D eigenvalue weighted by Crippen LogP contribution is -2.36. The molecular formula is C11H15ClFNO2. The van der Waals surface area contributed by atoms with Crippen LogP contribution in [0, 0.1) is 5.82 Å². The maximum atomic E-state index is 13.5. The lowest BCUT2D eigenvalue weighted by atomic mass is 10.2. The van der Waals surface area contributed by atoms with Crippen molar-refractivity contribution < 1.29 is 14.2 Å². The van der Waals surface area contributed by atoms with E-state index in [4.69, 9.17) is 21.4 Å². The van der Waals surface area contributed by atoms with Gasteiger partial charge in [0.25, 0.3) is 0 Å². The molecule has 0 heterocycles. The van der Waals surface area contributed by atoms with Crippen LogP contribution in [-0.2, 0) is 11.3 Å². The maximum Gasteiger partial charge on any atom is 0.146 e. The fraction of sp³-hybridized carbons (Fsp3) is 0.455. The zero-order valence-electron chi connectivity index (χ0n) is 9.04. The highest BCUT2D eigenvalue weighted by Gasteiger charge is 2.09. The fourth-order valence-electron chi connectivity index (χ4n) is 1.32. The van der Waals surface area contributed by atoms with Gasteiger partial charge in [-0.15, -0.1) is 0 Å². The Morgan fingerprint density at radius 3 is 2.94 bits per heavy atom. The molecule has 1 aromatic carbocycles. The van der Waals surface area contributed by atoms with Crippen LogP contribution in [0.3, 0.4) is 0 Å². The number of benzene rings is 1. The second kappa shape index (κ2) is 6.81. The summed E-state index contributed by atoms with van der Waals surface area (Å²) in [7, 11) is 1.55. The van der Waals surface area contributed by atoms with E-state index < -0.39 is 5.82 Å². The van der Waals surface area contributed by atoms with Gasteiger partial charge in [0, 0.05) is 19.2 Å². The fourth-order valence-corrected chi connectivity index (χ4v) is 1.51. The summed E-state index contributed by atoms with van der Waals surface area (Å²) in [4.78, 5) is 0. The van der Waals surface area contributed by atoms with Crippen LogP contribution < -0.4 is 5.32 Å². The molecule has 1 rings (SSSR count). The minimum atomic E-state index is -0.425. The van der Waals surface area contributed by atoms with Crippen LogP contribution in [0.4, 0.5) is 4.39 Å². The van der Waals surface area contributed by atoms with E-state index >= 15 is 0 Å². The van der Waals surface area contributed by atoms with Crippen LogP contribution in [0.2, 0.25) is 5.02 Å². The summed E-state index contributed by atoms with van der Waals surface area (Å²) < 4.78 is 18.4. The van der Waals surface area contributed by atoms with Gasteiger partial charge in [0.2, 0.25) is 0 Å². The first-order chi connectivity index (χ1) is 7.69. The predicted molar refractivity (Wildman–Crippen MR) is 61.0 cm³/mol. The van der Waals surface area contributed by atoms with Gasteiger partial charge in [0.15, 0.2) is 0 Å². The van der Waals surface area contributed by atoms with Crippen molar-refractivity contribution in [3.63, 3.8) is 0 Å². The number of nitrogens with one attached hydrogen (secondary N) is 1. The Labute approximate surface area is 99.2 Å². The van der Waals surface area contributed by atoms with Gasteiger partial charge in [-0.1, -0.05) is 23.7 Å². The molecule has 3 nitrogen and oxygen atoms in total. The van der Waals surface area contributed by atoms with Gasteiger partial charge in [-0.2, -0.15) is 0 Å². The first kappa shape index (κ1) is 13.4. The van der Waals surface area contributed by atoms with Crippen LogP contribution in [0.5, 0.6) is 0 Å². The Morgan fingerprint density at radius 1 is 1.56 bits per heavy atom. The van der Waals surface area contributed by atoms with Crippen LogP contribution in [0.1, 0.15) is 5.56 Å². The number of aliphatic hydroxyl groups is 1. The van der Waals surface area contributed by atoms with E-state index in [1.807, 2.05) is 0 Å². The Morgan fingerprint density at radius 2 is 2.31 bits per heavy atom. The largest absolute Gasteiger partial charge is 0.395 e. The van der Waals surface area contributed by atoms with Crippen molar-refractivity contribution in [2.24, 2.45) is 0 Å². The van der Waals surface area contributed by atoms with Gasteiger partial charge in [0.05, 0.1) is 24.3 Å². The van der Waals surface area contributed by atoms with E-state index in [1.165, 1.54) is 6.07 Å². The molecular weight excluding hydrogens is 233 g/mol. The first-order valence-corrected chi connectivity index (χ1v) is 5.33. The molecule has 0 aromatic heterocycles. The third kappa shape index (κ3) is 3.72. The standard InChI is InChI=1S/C11H15ClFNO2/c1-16-7-9(6-15)14-5-8-3-2-4-10(12)11(8)13/h2-4,9,14-15H,5-7H2,1H3. The Balaban J connectivity index is 2.56. The van der Waals surface area contributed by atoms with E-state index in [9.17, 15) is 4.39 Å². The van der Waals surface area contributed by atoms with Crippen LogP contribution in [0.15, 0.2) is 18.2 Å². The number of rotatable bonds is 6. The zero-order valence-corrected chi connectivity index (χ0v) is 9.80. The predicted octanol–water partition coefficient (Wildman–Crippen LogP) is 1.58. The lowest BCUT2D eigenvalue weighted by molar-refractivity contribution is 0.128. The highest BCUT2D eigenvalue weighted by molar-refractivity contribution is 6.30. The van der Waals surface area contributed by atoms with Gasteiger partial charge in [0.1, 0.15) is 5.82 Å². The van der Waals surface area contributed by atoms with E-state index in [0.717, 1.165) is 0 Å². The quantitative estimate of drug-likeness (QED) is 0.802. The Kier molecular flexibility index (Phi) is 5.69. The molecule has 0 spiro atoms. The topological polar surface area (TPSA) is 41.5 Å². The van der Waals surface area contributed by atoms with Gasteiger partial charge in [-0.3, -0.25) is 0 Å². The highest BCUT2D eigenvalue weighted by atomic mass is 35.5. The molecule has 2 N–H and O–H groups in total.